The first-order valence-electron chi connectivity index (χ1n) is 10.1. The minimum absolute atomic E-state index is 0.129. The predicted octanol–water partition coefficient (Wildman–Crippen LogP) is 2.84. The third kappa shape index (κ3) is 6.22. The molecule has 1 fully saturated rings. The monoisotopic (exact) mass is 417 g/mol. The molecule has 0 bridgehead atoms. The lowest BCUT2D eigenvalue weighted by Crippen LogP contribution is -2.36. The van der Waals surface area contributed by atoms with Gasteiger partial charge in [0.1, 0.15) is 12.1 Å². The minimum Gasteiger partial charge on any atom is -0.356 e. The number of hydrogen-bond donors (Lipinski definition) is 2. The Morgan fingerprint density at radius 3 is 2.38 bits per heavy atom. The number of rotatable bonds is 6. The molecule has 0 spiro atoms. The van der Waals surface area contributed by atoms with Crippen LogP contribution in [0.25, 0.3) is 11.3 Å². The second-order valence-electron chi connectivity index (χ2n) is 8.75. The van der Waals surface area contributed by atoms with Gasteiger partial charge in [0.2, 0.25) is 0 Å². The van der Waals surface area contributed by atoms with E-state index in [0.29, 0.717) is 12.5 Å². The molecule has 8 heteroatoms. The van der Waals surface area contributed by atoms with E-state index in [1.54, 1.807) is 6.33 Å². The third-order valence-electron chi connectivity index (χ3n) is 5.49. The molecule has 158 valence electrons. The molecule has 0 atom stereocenters. The summed E-state index contributed by atoms with van der Waals surface area (Å²) in [5, 5.41) is 4.98. The fraction of sp³-hybridized carbons (Fsp3) is 0.524. The highest BCUT2D eigenvalue weighted by Crippen LogP contribution is 2.28. The van der Waals surface area contributed by atoms with Crippen molar-refractivity contribution < 1.29 is 8.42 Å². The molecule has 1 aliphatic rings. The van der Waals surface area contributed by atoms with Gasteiger partial charge in [0.05, 0.1) is 5.69 Å². The lowest BCUT2D eigenvalue weighted by molar-refractivity contribution is 0.380. The van der Waals surface area contributed by atoms with Crippen molar-refractivity contribution >= 4 is 16.0 Å². The molecule has 1 saturated heterocycles. The van der Waals surface area contributed by atoms with E-state index in [-0.39, 0.29) is 5.41 Å². The zero-order valence-corrected chi connectivity index (χ0v) is 18.2. The van der Waals surface area contributed by atoms with Crippen LogP contribution in [0.15, 0.2) is 36.7 Å². The van der Waals surface area contributed by atoms with Crippen molar-refractivity contribution in [3.63, 3.8) is 0 Å². The molecule has 2 aromatic rings. The standard InChI is InChI=1S/C21H31N5O2S/c1-21(2,3)18-6-4-17(5-7-18)19-14-20(24-15-23-19)26-12-9-16(10-13-26)8-11-25-29(22,27)28/h4-7,14-16,25H,8-13H2,1-3H3,(H2,22,27,28). The van der Waals surface area contributed by atoms with Gasteiger partial charge in [-0.3, -0.25) is 0 Å². The number of hydrogen-bond acceptors (Lipinski definition) is 5. The lowest BCUT2D eigenvalue weighted by atomic mass is 9.86. The van der Waals surface area contributed by atoms with Crippen LogP contribution in [0.4, 0.5) is 5.82 Å². The van der Waals surface area contributed by atoms with Crippen LogP contribution in [0.1, 0.15) is 45.6 Å². The Morgan fingerprint density at radius 2 is 1.79 bits per heavy atom. The van der Waals surface area contributed by atoms with E-state index in [1.165, 1.54) is 5.56 Å². The number of nitrogens with one attached hydrogen (secondary N) is 1. The zero-order valence-electron chi connectivity index (χ0n) is 17.4. The molecular weight excluding hydrogens is 386 g/mol. The summed E-state index contributed by atoms with van der Waals surface area (Å²) in [6.45, 7) is 8.82. The van der Waals surface area contributed by atoms with Gasteiger partial charge < -0.3 is 4.90 Å². The summed E-state index contributed by atoms with van der Waals surface area (Å²) in [6, 6.07) is 10.6. The summed E-state index contributed by atoms with van der Waals surface area (Å²) in [6.07, 6.45) is 4.45. The van der Waals surface area contributed by atoms with Gasteiger partial charge in [-0.1, -0.05) is 45.0 Å². The average molecular weight is 418 g/mol. The number of benzene rings is 1. The van der Waals surface area contributed by atoms with E-state index in [4.69, 9.17) is 5.14 Å². The molecule has 1 aliphatic heterocycles. The van der Waals surface area contributed by atoms with Gasteiger partial charge in [-0.25, -0.2) is 19.8 Å². The van der Waals surface area contributed by atoms with Gasteiger partial charge in [0.25, 0.3) is 10.2 Å². The van der Waals surface area contributed by atoms with Crippen molar-refractivity contribution in [2.75, 3.05) is 24.5 Å². The fourth-order valence-corrected chi connectivity index (χ4v) is 4.08. The highest BCUT2D eigenvalue weighted by atomic mass is 32.2. The molecule has 0 amide bonds. The van der Waals surface area contributed by atoms with Crippen LogP contribution < -0.4 is 14.8 Å². The van der Waals surface area contributed by atoms with Gasteiger partial charge in [-0.05, 0) is 36.2 Å². The molecule has 29 heavy (non-hydrogen) atoms. The highest BCUT2D eigenvalue weighted by molar-refractivity contribution is 7.87. The third-order valence-corrected chi connectivity index (χ3v) is 6.10. The van der Waals surface area contributed by atoms with Crippen molar-refractivity contribution in [1.29, 1.82) is 0 Å². The van der Waals surface area contributed by atoms with Gasteiger partial charge in [0, 0.05) is 31.3 Å². The minimum atomic E-state index is -3.60. The molecule has 7 nitrogen and oxygen atoms in total. The first-order chi connectivity index (χ1) is 13.6. The Labute approximate surface area is 173 Å². The van der Waals surface area contributed by atoms with Crippen molar-refractivity contribution in [3.05, 3.63) is 42.2 Å². The summed E-state index contributed by atoms with van der Waals surface area (Å²) in [4.78, 5) is 11.2. The van der Waals surface area contributed by atoms with Gasteiger partial charge in [-0.15, -0.1) is 0 Å². The maximum absolute atomic E-state index is 11.0. The normalized spacial score (nSPS) is 16.2. The molecule has 3 N–H and O–H groups in total. The largest absolute Gasteiger partial charge is 0.356 e. The molecule has 2 heterocycles. The number of nitrogens with two attached hydrogens (primary N) is 1. The summed E-state index contributed by atoms with van der Waals surface area (Å²) in [5.74, 6) is 1.43. The summed E-state index contributed by atoms with van der Waals surface area (Å²) in [5.41, 5.74) is 3.44. The smallest absolute Gasteiger partial charge is 0.274 e. The van der Waals surface area contributed by atoms with E-state index in [2.05, 4.69) is 70.7 Å². The van der Waals surface area contributed by atoms with E-state index in [9.17, 15) is 8.42 Å². The van der Waals surface area contributed by atoms with E-state index < -0.39 is 10.2 Å². The van der Waals surface area contributed by atoms with E-state index >= 15 is 0 Å². The SMILES string of the molecule is CC(C)(C)c1ccc(-c2cc(N3CCC(CCNS(N)(=O)=O)CC3)ncn2)cc1. The Kier molecular flexibility index (Phi) is 6.55. The zero-order chi connectivity index (χ0) is 21.1. The first kappa shape index (κ1) is 21.7. The predicted molar refractivity (Wildman–Crippen MR) is 117 cm³/mol. The van der Waals surface area contributed by atoms with E-state index in [0.717, 1.165) is 49.4 Å². The Balaban J connectivity index is 1.60. The summed E-state index contributed by atoms with van der Waals surface area (Å²) in [7, 11) is -3.60. The van der Waals surface area contributed by atoms with Crippen LogP contribution in [0.3, 0.4) is 0 Å². The lowest BCUT2D eigenvalue weighted by Gasteiger charge is -2.32. The number of piperidine rings is 1. The topological polar surface area (TPSA) is 101 Å². The quantitative estimate of drug-likeness (QED) is 0.753. The molecular formula is C21H31N5O2S. The Hall–Kier alpha value is -2.03. The van der Waals surface area contributed by atoms with Crippen LogP contribution in [0, 0.1) is 5.92 Å². The van der Waals surface area contributed by atoms with Gasteiger partial charge >= 0.3 is 0 Å². The highest BCUT2D eigenvalue weighted by Gasteiger charge is 2.21. The van der Waals surface area contributed by atoms with Crippen LogP contribution in [0.2, 0.25) is 0 Å². The first-order valence-corrected chi connectivity index (χ1v) is 11.6. The van der Waals surface area contributed by atoms with Crippen molar-refractivity contribution in [2.24, 2.45) is 11.1 Å². The molecule has 0 unspecified atom stereocenters. The molecule has 1 aromatic heterocycles. The molecule has 0 saturated carbocycles. The Morgan fingerprint density at radius 1 is 1.14 bits per heavy atom. The average Bonchev–Trinajstić information content (AvgIpc) is 2.67. The summed E-state index contributed by atoms with van der Waals surface area (Å²) >= 11 is 0. The molecule has 0 radical (unpaired) electrons. The summed E-state index contributed by atoms with van der Waals surface area (Å²) < 4.78 is 24.3. The van der Waals surface area contributed by atoms with Gasteiger partial charge in [0.15, 0.2) is 0 Å². The van der Waals surface area contributed by atoms with Crippen LogP contribution in [-0.2, 0) is 15.6 Å². The fourth-order valence-electron chi connectivity index (χ4n) is 3.67. The van der Waals surface area contributed by atoms with Crippen LogP contribution in [-0.4, -0.2) is 38.0 Å². The van der Waals surface area contributed by atoms with Crippen molar-refractivity contribution in [2.45, 2.75) is 45.4 Å². The number of anilines is 1. The second kappa shape index (κ2) is 8.77. The molecule has 1 aromatic carbocycles. The molecule has 3 rings (SSSR count). The van der Waals surface area contributed by atoms with Crippen molar-refractivity contribution in [1.82, 2.24) is 14.7 Å². The number of nitrogens with zero attached hydrogens (tertiary/aromatic N) is 3. The van der Waals surface area contributed by atoms with Crippen LogP contribution >= 0.6 is 0 Å². The molecule has 0 aliphatic carbocycles. The van der Waals surface area contributed by atoms with Crippen LogP contribution in [0.5, 0.6) is 0 Å². The number of aromatic nitrogens is 2. The van der Waals surface area contributed by atoms with Crippen molar-refractivity contribution in [3.8, 4) is 11.3 Å². The maximum Gasteiger partial charge on any atom is 0.274 e. The second-order valence-corrected chi connectivity index (χ2v) is 10.1. The van der Waals surface area contributed by atoms with E-state index in [1.807, 2.05) is 0 Å². The van der Waals surface area contributed by atoms with Gasteiger partial charge in [-0.2, -0.15) is 8.42 Å². The Bertz CT molecular complexity index is 915. The maximum atomic E-state index is 11.0.